The van der Waals surface area contributed by atoms with Crippen LogP contribution in [0.5, 0.6) is 5.75 Å². The van der Waals surface area contributed by atoms with Gasteiger partial charge < -0.3 is 14.6 Å². The lowest BCUT2D eigenvalue weighted by molar-refractivity contribution is -0.117. The molecule has 4 rings (SSSR count). The number of anilines is 1. The molecule has 0 saturated heterocycles. The highest BCUT2D eigenvalue weighted by atomic mass is 32.2. The summed E-state index contributed by atoms with van der Waals surface area (Å²) in [5.41, 5.74) is 1.03. The van der Waals surface area contributed by atoms with Crippen LogP contribution in [-0.2, 0) is 19.4 Å². The highest BCUT2D eigenvalue weighted by Crippen LogP contribution is 2.45. The van der Waals surface area contributed by atoms with Gasteiger partial charge in [0, 0.05) is 5.69 Å². The van der Waals surface area contributed by atoms with Gasteiger partial charge in [0.05, 0.1) is 24.2 Å². The summed E-state index contributed by atoms with van der Waals surface area (Å²) in [5.74, 6) is -1.70. The number of esters is 1. The Morgan fingerprint density at radius 2 is 1.60 bits per heavy atom. The first kappa shape index (κ1) is 24.0. The number of benzene rings is 3. The van der Waals surface area contributed by atoms with Crippen LogP contribution in [0.4, 0.5) is 5.69 Å². The summed E-state index contributed by atoms with van der Waals surface area (Å²) in [4.78, 5) is 26.0. The van der Waals surface area contributed by atoms with Gasteiger partial charge in [0.25, 0.3) is 5.91 Å². The smallest absolute Gasteiger partial charge is 0.338 e. The molecule has 1 aliphatic rings. The van der Waals surface area contributed by atoms with Gasteiger partial charge in [0.2, 0.25) is 9.84 Å². The maximum Gasteiger partial charge on any atom is 0.338 e. The second kappa shape index (κ2) is 9.63. The number of methoxy groups -OCH3 is 1. The van der Waals surface area contributed by atoms with Crippen molar-refractivity contribution in [1.82, 2.24) is 0 Å². The molecule has 0 radical (unpaired) electrons. The van der Waals surface area contributed by atoms with E-state index in [1.54, 1.807) is 49.4 Å². The van der Waals surface area contributed by atoms with Crippen molar-refractivity contribution in [2.24, 2.45) is 0 Å². The van der Waals surface area contributed by atoms with E-state index in [1.807, 2.05) is 0 Å². The number of hydrogen-bond donors (Lipinski definition) is 1. The monoisotopic (exact) mass is 493 g/mol. The van der Waals surface area contributed by atoms with Crippen molar-refractivity contribution in [3.8, 4) is 5.75 Å². The number of ether oxygens (including phenoxy) is 2. The van der Waals surface area contributed by atoms with Crippen LogP contribution in [0.15, 0.2) is 94.4 Å². The Morgan fingerprint density at radius 3 is 2.17 bits per heavy atom. The minimum absolute atomic E-state index is 0.0487. The van der Waals surface area contributed by atoms with E-state index >= 15 is 0 Å². The normalized spacial score (nSPS) is 15.9. The van der Waals surface area contributed by atoms with E-state index in [1.165, 1.54) is 48.4 Å². The number of sulfone groups is 1. The zero-order valence-electron chi connectivity index (χ0n) is 19.0. The summed E-state index contributed by atoms with van der Waals surface area (Å²) < 4.78 is 37.4. The fourth-order valence-corrected chi connectivity index (χ4v) is 5.56. The van der Waals surface area contributed by atoms with Gasteiger partial charge in [-0.25, -0.2) is 13.2 Å². The fraction of sp³-hybridized carbons (Fsp3) is 0.154. The Bertz CT molecular complexity index is 1380. The molecule has 0 aromatic heterocycles. The molecule has 1 heterocycles. The lowest BCUT2D eigenvalue weighted by atomic mass is 10.1. The van der Waals surface area contributed by atoms with Crippen molar-refractivity contribution < 1.29 is 32.6 Å². The number of carbonyl (C=O) groups is 2. The third-order valence-electron chi connectivity index (χ3n) is 5.59. The van der Waals surface area contributed by atoms with Crippen molar-refractivity contribution in [2.45, 2.75) is 17.9 Å². The van der Waals surface area contributed by atoms with Crippen LogP contribution in [0.1, 0.15) is 28.9 Å². The van der Waals surface area contributed by atoms with Gasteiger partial charge in [0.1, 0.15) is 16.7 Å². The predicted octanol–water partition coefficient (Wildman–Crippen LogP) is 4.20. The SMILES string of the molecule is CCOC(=O)c1ccc(N2C(=O)C(O)=C(S(=O)(=O)c3ccccc3)[C@@H]2c2ccc(OC)cc2)cc1. The molecule has 3 aromatic rings. The molecule has 3 aromatic carbocycles. The second-order valence-corrected chi connectivity index (χ2v) is 9.57. The summed E-state index contributed by atoms with van der Waals surface area (Å²) >= 11 is 0. The van der Waals surface area contributed by atoms with Crippen LogP contribution in [0.25, 0.3) is 0 Å². The molecule has 1 N–H and O–H groups in total. The maximum atomic E-state index is 13.6. The van der Waals surface area contributed by atoms with Crippen LogP contribution in [0.2, 0.25) is 0 Å². The van der Waals surface area contributed by atoms with Crippen molar-refractivity contribution in [3.05, 3.63) is 101 Å². The van der Waals surface area contributed by atoms with Crippen molar-refractivity contribution in [2.75, 3.05) is 18.6 Å². The summed E-state index contributed by atoms with van der Waals surface area (Å²) in [6.45, 7) is 1.90. The minimum Gasteiger partial charge on any atom is -0.502 e. The van der Waals surface area contributed by atoms with Crippen LogP contribution in [-0.4, -0.2) is 39.1 Å². The van der Waals surface area contributed by atoms with Crippen molar-refractivity contribution in [3.63, 3.8) is 0 Å². The summed E-state index contributed by atoms with van der Waals surface area (Å²) in [6.07, 6.45) is 0. The number of rotatable bonds is 7. The molecule has 1 amide bonds. The fourth-order valence-electron chi connectivity index (χ4n) is 3.91. The molecule has 0 bridgehead atoms. The summed E-state index contributed by atoms with van der Waals surface area (Å²) in [7, 11) is -2.74. The molecule has 0 fully saturated rings. The third kappa shape index (κ3) is 4.38. The molecular formula is C26H23NO7S. The molecule has 35 heavy (non-hydrogen) atoms. The standard InChI is InChI=1S/C26H23NO7S/c1-3-34-26(30)18-9-13-19(14-10-18)27-22(17-11-15-20(33-2)16-12-17)24(23(28)25(27)29)35(31,32)21-7-5-4-6-8-21/h4-16,22,28H,3H2,1-2H3/t22-/m0/s1. The quantitative estimate of drug-likeness (QED) is 0.491. The molecular weight excluding hydrogens is 470 g/mol. The average Bonchev–Trinajstić information content (AvgIpc) is 3.15. The highest BCUT2D eigenvalue weighted by Gasteiger charge is 2.47. The van der Waals surface area contributed by atoms with E-state index in [0.717, 1.165) is 0 Å². The highest BCUT2D eigenvalue weighted by molar-refractivity contribution is 7.95. The van der Waals surface area contributed by atoms with E-state index in [-0.39, 0.29) is 17.1 Å². The van der Waals surface area contributed by atoms with Gasteiger partial charge in [-0.05, 0) is 61.0 Å². The van der Waals surface area contributed by atoms with Crippen LogP contribution in [0, 0.1) is 0 Å². The van der Waals surface area contributed by atoms with Gasteiger partial charge in [-0.3, -0.25) is 9.69 Å². The predicted molar refractivity (Wildman–Crippen MR) is 129 cm³/mol. The summed E-state index contributed by atoms with van der Waals surface area (Å²) in [6, 6.07) is 19.0. The number of nitrogens with zero attached hydrogens (tertiary/aromatic N) is 1. The second-order valence-electron chi connectivity index (χ2n) is 7.65. The van der Waals surface area contributed by atoms with E-state index in [0.29, 0.717) is 17.0 Å². The Kier molecular flexibility index (Phi) is 6.61. The van der Waals surface area contributed by atoms with Gasteiger partial charge in [-0.2, -0.15) is 0 Å². The third-order valence-corrected chi connectivity index (χ3v) is 7.48. The average molecular weight is 494 g/mol. The van der Waals surface area contributed by atoms with Crippen molar-refractivity contribution >= 4 is 27.4 Å². The molecule has 0 spiro atoms. The Morgan fingerprint density at radius 1 is 0.971 bits per heavy atom. The molecule has 1 atom stereocenters. The van der Waals surface area contributed by atoms with Gasteiger partial charge in [0.15, 0.2) is 5.76 Å². The Hall–Kier alpha value is -4.11. The van der Waals surface area contributed by atoms with E-state index in [4.69, 9.17) is 9.47 Å². The van der Waals surface area contributed by atoms with E-state index in [2.05, 4.69) is 0 Å². The van der Waals surface area contributed by atoms with Crippen LogP contribution >= 0.6 is 0 Å². The molecule has 1 aliphatic heterocycles. The van der Waals surface area contributed by atoms with E-state index < -0.39 is 38.4 Å². The summed E-state index contributed by atoms with van der Waals surface area (Å²) in [5, 5.41) is 10.8. The molecule has 0 saturated carbocycles. The lowest BCUT2D eigenvalue weighted by Crippen LogP contribution is -2.31. The number of aliphatic hydroxyl groups excluding tert-OH is 1. The number of carbonyl (C=O) groups excluding carboxylic acids is 2. The Labute approximate surface area is 202 Å². The van der Waals surface area contributed by atoms with E-state index in [9.17, 15) is 23.1 Å². The first-order chi connectivity index (χ1) is 16.8. The zero-order valence-corrected chi connectivity index (χ0v) is 19.9. The van der Waals surface area contributed by atoms with Crippen LogP contribution in [0.3, 0.4) is 0 Å². The number of amides is 1. The first-order valence-corrected chi connectivity index (χ1v) is 12.3. The lowest BCUT2D eigenvalue weighted by Gasteiger charge is -2.27. The molecule has 180 valence electrons. The number of hydrogen-bond acceptors (Lipinski definition) is 7. The van der Waals surface area contributed by atoms with Gasteiger partial charge in [-0.15, -0.1) is 0 Å². The first-order valence-electron chi connectivity index (χ1n) is 10.8. The topological polar surface area (TPSA) is 110 Å². The number of aliphatic hydroxyl groups is 1. The minimum atomic E-state index is -4.24. The van der Waals surface area contributed by atoms with Gasteiger partial charge >= 0.3 is 5.97 Å². The van der Waals surface area contributed by atoms with Crippen LogP contribution < -0.4 is 9.64 Å². The van der Waals surface area contributed by atoms with Crippen molar-refractivity contribution in [1.29, 1.82) is 0 Å². The molecule has 8 nitrogen and oxygen atoms in total. The zero-order chi connectivity index (χ0) is 25.2. The molecule has 0 aliphatic carbocycles. The van der Waals surface area contributed by atoms with Gasteiger partial charge in [-0.1, -0.05) is 30.3 Å². The largest absolute Gasteiger partial charge is 0.502 e. The maximum absolute atomic E-state index is 13.6. The Balaban J connectivity index is 1.85. The molecule has 0 unspecified atom stereocenters. The molecule has 9 heteroatoms.